The van der Waals surface area contributed by atoms with Crippen molar-refractivity contribution in [3.8, 4) is 0 Å². The molecule has 1 aromatic heterocycles. The molecule has 0 spiro atoms. The Labute approximate surface area is 135 Å². The van der Waals surface area contributed by atoms with E-state index in [2.05, 4.69) is 39.6 Å². The molecule has 1 aliphatic rings. The number of aryl methyl sites for hydroxylation is 1. The van der Waals surface area contributed by atoms with Gasteiger partial charge in [0.25, 0.3) is 0 Å². The molecule has 3 rings (SSSR count). The molecule has 0 fully saturated rings. The number of amides is 1. The highest BCUT2D eigenvalue weighted by Crippen LogP contribution is 2.24. The van der Waals surface area contributed by atoms with Gasteiger partial charge in [0, 0.05) is 18.7 Å². The lowest BCUT2D eigenvalue weighted by atomic mass is 9.88. The number of carbonyl (C=O) groups is 1. The minimum absolute atomic E-state index is 0.0128. The molecule has 2 N–H and O–H groups in total. The Morgan fingerprint density at radius 1 is 1.32 bits per heavy atom. The van der Waals surface area contributed by atoms with E-state index in [9.17, 15) is 4.79 Å². The molecule has 1 heterocycles. The predicted octanol–water partition coefficient (Wildman–Crippen LogP) is 3.40. The molecule has 1 aliphatic carbocycles. The highest BCUT2D eigenvalue weighted by atomic mass is 32.1. The number of hydrogen-bond acceptors (Lipinski definition) is 3. The number of benzene rings is 1. The minimum atomic E-state index is -0.0128. The van der Waals surface area contributed by atoms with Crippen molar-refractivity contribution in [2.75, 3.05) is 11.9 Å². The molecule has 0 radical (unpaired) electrons. The molecule has 0 saturated heterocycles. The summed E-state index contributed by atoms with van der Waals surface area (Å²) in [4.78, 5) is 11.2. The summed E-state index contributed by atoms with van der Waals surface area (Å²) in [7, 11) is 0. The fraction of sp³-hybridized carbons (Fsp3) is 0.389. The van der Waals surface area contributed by atoms with Gasteiger partial charge >= 0.3 is 0 Å². The molecule has 1 atom stereocenters. The average molecular weight is 314 g/mol. The first-order valence-electron chi connectivity index (χ1n) is 7.84. The fourth-order valence-corrected chi connectivity index (χ4v) is 3.77. The van der Waals surface area contributed by atoms with Gasteiger partial charge in [-0.2, -0.15) is 11.3 Å². The van der Waals surface area contributed by atoms with Crippen LogP contribution in [0.15, 0.2) is 35.0 Å². The van der Waals surface area contributed by atoms with Gasteiger partial charge in [0.1, 0.15) is 0 Å². The van der Waals surface area contributed by atoms with Crippen molar-refractivity contribution in [1.82, 2.24) is 5.32 Å². The van der Waals surface area contributed by atoms with E-state index < -0.39 is 0 Å². The highest BCUT2D eigenvalue weighted by molar-refractivity contribution is 7.07. The summed E-state index contributed by atoms with van der Waals surface area (Å²) in [6.45, 7) is 2.58. The highest BCUT2D eigenvalue weighted by Gasteiger charge is 2.18. The molecule has 4 heteroatoms. The van der Waals surface area contributed by atoms with Crippen molar-refractivity contribution < 1.29 is 4.79 Å². The third-order valence-corrected chi connectivity index (χ3v) is 4.91. The summed E-state index contributed by atoms with van der Waals surface area (Å²) in [5.41, 5.74) is 5.11. The van der Waals surface area contributed by atoms with E-state index in [0.29, 0.717) is 6.04 Å². The Kier molecular flexibility index (Phi) is 4.90. The van der Waals surface area contributed by atoms with Crippen LogP contribution in [0.5, 0.6) is 0 Å². The maximum Gasteiger partial charge on any atom is 0.221 e. The third-order valence-electron chi connectivity index (χ3n) is 4.18. The Balaban J connectivity index is 1.56. The topological polar surface area (TPSA) is 41.1 Å². The van der Waals surface area contributed by atoms with Crippen LogP contribution < -0.4 is 10.6 Å². The summed E-state index contributed by atoms with van der Waals surface area (Å²) < 4.78 is 0. The van der Waals surface area contributed by atoms with Crippen molar-refractivity contribution in [3.63, 3.8) is 0 Å². The quantitative estimate of drug-likeness (QED) is 0.888. The van der Waals surface area contributed by atoms with Crippen molar-refractivity contribution in [1.29, 1.82) is 0 Å². The zero-order valence-corrected chi connectivity index (χ0v) is 13.7. The van der Waals surface area contributed by atoms with E-state index in [1.54, 1.807) is 18.3 Å². The second-order valence-corrected chi connectivity index (χ2v) is 6.72. The molecule has 2 aromatic rings. The van der Waals surface area contributed by atoms with E-state index in [0.717, 1.165) is 31.5 Å². The van der Waals surface area contributed by atoms with Crippen LogP contribution in [0.2, 0.25) is 0 Å². The maximum absolute atomic E-state index is 11.2. The first kappa shape index (κ1) is 15.3. The van der Waals surface area contributed by atoms with Crippen molar-refractivity contribution in [2.45, 2.75) is 38.6 Å². The predicted molar refractivity (Wildman–Crippen MR) is 92.6 cm³/mol. The van der Waals surface area contributed by atoms with Crippen LogP contribution in [0.25, 0.3) is 0 Å². The summed E-state index contributed by atoms with van der Waals surface area (Å²) in [5, 5.41) is 10.9. The number of fused-ring (bicyclic) bond motifs is 1. The minimum Gasteiger partial charge on any atom is -0.326 e. The lowest BCUT2D eigenvalue weighted by molar-refractivity contribution is -0.114. The van der Waals surface area contributed by atoms with Gasteiger partial charge < -0.3 is 10.6 Å². The number of rotatable bonds is 5. The van der Waals surface area contributed by atoms with Crippen LogP contribution in [0.1, 0.15) is 30.0 Å². The molecule has 1 amide bonds. The molecule has 116 valence electrons. The summed E-state index contributed by atoms with van der Waals surface area (Å²) in [6.07, 6.45) is 4.45. The van der Waals surface area contributed by atoms with Crippen LogP contribution in [-0.4, -0.2) is 18.5 Å². The lowest BCUT2D eigenvalue weighted by Crippen LogP contribution is -2.35. The van der Waals surface area contributed by atoms with Gasteiger partial charge in [0.15, 0.2) is 0 Å². The number of anilines is 1. The third kappa shape index (κ3) is 3.96. The van der Waals surface area contributed by atoms with Gasteiger partial charge in [-0.05, 0) is 77.9 Å². The van der Waals surface area contributed by atoms with Crippen LogP contribution in [0.3, 0.4) is 0 Å². The summed E-state index contributed by atoms with van der Waals surface area (Å²) >= 11 is 1.76. The Morgan fingerprint density at radius 2 is 2.23 bits per heavy atom. The fourth-order valence-electron chi connectivity index (χ4n) is 3.07. The van der Waals surface area contributed by atoms with E-state index >= 15 is 0 Å². The summed E-state index contributed by atoms with van der Waals surface area (Å²) in [5.74, 6) is -0.0128. The van der Waals surface area contributed by atoms with Gasteiger partial charge in [-0.25, -0.2) is 0 Å². The number of nitrogens with one attached hydrogen (secondary N) is 2. The molecule has 1 aromatic carbocycles. The molecule has 1 unspecified atom stereocenters. The maximum atomic E-state index is 11.2. The van der Waals surface area contributed by atoms with Crippen LogP contribution in [-0.2, 0) is 24.1 Å². The lowest BCUT2D eigenvalue weighted by Gasteiger charge is -2.26. The Bertz CT molecular complexity index is 637. The number of thiophene rings is 1. The first-order chi connectivity index (χ1) is 10.7. The van der Waals surface area contributed by atoms with Gasteiger partial charge in [0.2, 0.25) is 5.91 Å². The molecular formula is C18H22N2OS. The first-order valence-corrected chi connectivity index (χ1v) is 8.79. The second-order valence-electron chi connectivity index (χ2n) is 5.94. The molecule has 0 saturated carbocycles. The van der Waals surface area contributed by atoms with E-state index in [1.165, 1.54) is 23.1 Å². The van der Waals surface area contributed by atoms with E-state index in [-0.39, 0.29) is 5.91 Å². The smallest absolute Gasteiger partial charge is 0.221 e. The molecule has 22 heavy (non-hydrogen) atoms. The number of carbonyl (C=O) groups excluding carboxylic acids is 1. The SMILES string of the molecule is CC(=O)Nc1ccc2c(c1)CC(NCCc1ccsc1)CC2. The van der Waals surface area contributed by atoms with Gasteiger partial charge in [-0.1, -0.05) is 6.07 Å². The largest absolute Gasteiger partial charge is 0.326 e. The van der Waals surface area contributed by atoms with Crippen molar-refractivity contribution in [3.05, 3.63) is 51.7 Å². The average Bonchev–Trinajstić information content (AvgIpc) is 2.99. The van der Waals surface area contributed by atoms with Gasteiger partial charge in [-0.3, -0.25) is 4.79 Å². The molecular weight excluding hydrogens is 292 g/mol. The summed E-state index contributed by atoms with van der Waals surface area (Å²) in [6, 6.07) is 9.03. The zero-order valence-electron chi connectivity index (χ0n) is 12.9. The van der Waals surface area contributed by atoms with E-state index in [1.807, 2.05) is 6.07 Å². The van der Waals surface area contributed by atoms with Crippen LogP contribution in [0, 0.1) is 0 Å². The van der Waals surface area contributed by atoms with Crippen LogP contribution in [0.4, 0.5) is 5.69 Å². The normalized spacial score (nSPS) is 17.0. The Hall–Kier alpha value is -1.65. The van der Waals surface area contributed by atoms with Crippen molar-refractivity contribution >= 4 is 22.9 Å². The monoisotopic (exact) mass is 314 g/mol. The standard InChI is InChI=1S/C18H22N2OS/c1-13(21)20-18-5-3-15-2-4-17(10-16(15)11-18)19-8-6-14-7-9-22-12-14/h3,5,7,9,11-12,17,19H,2,4,6,8,10H2,1H3,(H,20,21). The zero-order chi connectivity index (χ0) is 15.4. The molecule has 3 nitrogen and oxygen atoms in total. The van der Waals surface area contributed by atoms with Gasteiger partial charge in [0.05, 0.1) is 0 Å². The van der Waals surface area contributed by atoms with Crippen LogP contribution >= 0.6 is 11.3 Å². The van der Waals surface area contributed by atoms with Crippen molar-refractivity contribution in [2.24, 2.45) is 0 Å². The van der Waals surface area contributed by atoms with Gasteiger partial charge in [-0.15, -0.1) is 0 Å². The Morgan fingerprint density at radius 3 is 3.00 bits per heavy atom. The second kappa shape index (κ2) is 7.07. The van der Waals surface area contributed by atoms with E-state index in [4.69, 9.17) is 0 Å². The molecule has 0 aliphatic heterocycles. The number of hydrogen-bond donors (Lipinski definition) is 2. The molecule has 0 bridgehead atoms.